The molecule has 6 heteroatoms. The van der Waals surface area contributed by atoms with Crippen molar-refractivity contribution in [2.24, 2.45) is 0 Å². The van der Waals surface area contributed by atoms with Gasteiger partial charge in [-0.05, 0) is 0 Å². The zero-order valence-corrected chi connectivity index (χ0v) is 9.85. The summed E-state index contributed by atoms with van der Waals surface area (Å²) >= 11 is 0. The smallest absolute Gasteiger partial charge is 0.135 e. The molecule has 1 aromatic heterocycles. The molecule has 1 heterocycles. The van der Waals surface area contributed by atoms with Gasteiger partial charge in [0.25, 0.3) is 0 Å². The zero-order valence-electron chi connectivity index (χ0n) is 9.85. The maximum atomic E-state index is 5.31. The van der Waals surface area contributed by atoms with E-state index in [2.05, 4.69) is 15.4 Å². The number of H-pyrrole nitrogens is 1. The largest absolute Gasteiger partial charge is 0.496 e. The van der Waals surface area contributed by atoms with E-state index in [0.717, 1.165) is 5.56 Å². The van der Waals surface area contributed by atoms with Crippen LogP contribution in [0.15, 0.2) is 18.3 Å². The lowest BCUT2D eigenvalue weighted by atomic mass is 10.1. The zero-order chi connectivity index (χ0) is 12.3. The summed E-state index contributed by atoms with van der Waals surface area (Å²) in [5, 5.41) is 10.4. The summed E-state index contributed by atoms with van der Waals surface area (Å²) in [7, 11) is 4.75. The van der Waals surface area contributed by atoms with Crippen LogP contribution in [0.5, 0.6) is 17.2 Å². The van der Waals surface area contributed by atoms with Crippen LogP contribution in [0.2, 0.25) is 0 Å². The highest BCUT2D eigenvalue weighted by atomic mass is 16.5. The molecule has 0 saturated carbocycles. The third-order valence-corrected chi connectivity index (χ3v) is 2.39. The molecule has 0 aliphatic rings. The molecule has 1 aromatic carbocycles. The Kier molecular flexibility index (Phi) is 3.13. The van der Waals surface area contributed by atoms with Gasteiger partial charge >= 0.3 is 0 Å². The molecule has 0 spiro atoms. The number of rotatable bonds is 4. The molecular weight excluding hydrogens is 222 g/mol. The predicted octanol–water partition coefficient (Wildman–Crippen LogP) is 1.50. The molecular formula is C11H13N3O3. The number of hydrogen-bond acceptors (Lipinski definition) is 5. The second-order valence-corrected chi connectivity index (χ2v) is 3.26. The van der Waals surface area contributed by atoms with Crippen molar-refractivity contribution in [2.45, 2.75) is 0 Å². The van der Waals surface area contributed by atoms with Crippen LogP contribution in [0.3, 0.4) is 0 Å². The van der Waals surface area contributed by atoms with Crippen LogP contribution in [-0.4, -0.2) is 36.7 Å². The normalized spacial score (nSPS) is 10.1. The Morgan fingerprint density at radius 1 is 1.00 bits per heavy atom. The monoisotopic (exact) mass is 235 g/mol. The molecule has 2 aromatic rings. The van der Waals surface area contributed by atoms with Crippen molar-refractivity contribution in [3.05, 3.63) is 18.3 Å². The summed E-state index contributed by atoms with van der Waals surface area (Å²) < 4.78 is 15.8. The molecule has 0 aliphatic carbocycles. The lowest BCUT2D eigenvalue weighted by Gasteiger charge is -2.13. The van der Waals surface area contributed by atoms with Crippen molar-refractivity contribution >= 4 is 0 Å². The summed E-state index contributed by atoms with van der Waals surface area (Å²) in [6, 6.07) is 3.54. The second-order valence-electron chi connectivity index (χ2n) is 3.26. The Labute approximate surface area is 98.5 Å². The fourth-order valence-electron chi connectivity index (χ4n) is 1.58. The highest BCUT2D eigenvalue weighted by molar-refractivity contribution is 5.75. The number of methoxy groups -OCH3 is 3. The molecule has 0 amide bonds. The lowest BCUT2D eigenvalue weighted by molar-refractivity contribution is 0.377. The highest BCUT2D eigenvalue weighted by Gasteiger charge is 2.16. The summed E-state index contributed by atoms with van der Waals surface area (Å²) in [6.45, 7) is 0. The molecule has 0 aliphatic heterocycles. The van der Waals surface area contributed by atoms with E-state index in [9.17, 15) is 0 Å². The van der Waals surface area contributed by atoms with E-state index in [1.807, 2.05) is 0 Å². The van der Waals surface area contributed by atoms with E-state index in [-0.39, 0.29) is 0 Å². The molecule has 6 nitrogen and oxygen atoms in total. The average molecular weight is 235 g/mol. The van der Waals surface area contributed by atoms with Crippen LogP contribution in [0, 0.1) is 0 Å². The highest BCUT2D eigenvalue weighted by Crippen LogP contribution is 2.40. The number of hydrogen-bond donors (Lipinski definition) is 1. The molecule has 2 rings (SSSR count). The standard InChI is InChI=1S/C11H13N3O3/c1-15-7-4-9(16-2)11(10(5-7)17-3)8-6-12-14-13-8/h4-6H,1-3H3,(H,12,13,14). The molecule has 0 atom stereocenters. The first kappa shape index (κ1) is 11.3. The fourth-order valence-corrected chi connectivity index (χ4v) is 1.58. The molecule has 1 N–H and O–H groups in total. The summed E-state index contributed by atoms with van der Waals surface area (Å²) in [5.74, 6) is 1.90. The van der Waals surface area contributed by atoms with Crippen molar-refractivity contribution in [1.29, 1.82) is 0 Å². The minimum atomic E-state index is 0.620. The van der Waals surface area contributed by atoms with Gasteiger partial charge in [0.15, 0.2) is 0 Å². The van der Waals surface area contributed by atoms with Crippen LogP contribution in [0.1, 0.15) is 0 Å². The van der Waals surface area contributed by atoms with Gasteiger partial charge in [-0.1, -0.05) is 0 Å². The van der Waals surface area contributed by atoms with E-state index in [1.165, 1.54) is 0 Å². The quantitative estimate of drug-likeness (QED) is 0.869. The van der Waals surface area contributed by atoms with E-state index in [0.29, 0.717) is 22.9 Å². The van der Waals surface area contributed by atoms with Gasteiger partial charge in [-0.15, -0.1) is 0 Å². The van der Waals surface area contributed by atoms with E-state index in [1.54, 1.807) is 39.7 Å². The first-order valence-electron chi connectivity index (χ1n) is 4.96. The second kappa shape index (κ2) is 4.73. The summed E-state index contributed by atoms with van der Waals surface area (Å²) in [5.41, 5.74) is 1.39. The van der Waals surface area contributed by atoms with Crippen LogP contribution in [0.25, 0.3) is 11.3 Å². The average Bonchev–Trinajstić information content (AvgIpc) is 2.90. The molecule has 90 valence electrons. The van der Waals surface area contributed by atoms with Crippen LogP contribution >= 0.6 is 0 Å². The van der Waals surface area contributed by atoms with E-state index >= 15 is 0 Å². The van der Waals surface area contributed by atoms with Crippen molar-refractivity contribution in [3.63, 3.8) is 0 Å². The van der Waals surface area contributed by atoms with Crippen molar-refractivity contribution in [1.82, 2.24) is 15.4 Å². The Balaban J connectivity index is 2.63. The third kappa shape index (κ3) is 2.01. The number of aromatic nitrogens is 3. The summed E-state index contributed by atoms with van der Waals surface area (Å²) in [4.78, 5) is 0. The van der Waals surface area contributed by atoms with Gasteiger partial charge in [0.05, 0.1) is 33.1 Å². The first-order valence-corrected chi connectivity index (χ1v) is 4.96. The Morgan fingerprint density at radius 2 is 1.65 bits per heavy atom. The van der Waals surface area contributed by atoms with Gasteiger partial charge in [-0.3, -0.25) is 0 Å². The van der Waals surface area contributed by atoms with Crippen molar-refractivity contribution < 1.29 is 14.2 Å². The SMILES string of the molecule is COc1cc(OC)c(-c2cn[nH]n2)c(OC)c1. The number of benzene rings is 1. The van der Waals surface area contributed by atoms with E-state index in [4.69, 9.17) is 14.2 Å². The third-order valence-electron chi connectivity index (χ3n) is 2.39. The Morgan fingerprint density at radius 3 is 2.06 bits per heavy atom. The topological polar surface area (TPSA) is 69.3 Å². The van der Waals surface area contributed by atoms with Gasteiger partial charge in [-0.25, -0.2) is 0 Å². The van der Waals surface area contributed by atoms with Crippen molar-refractivity contribution in [2.75, 3.05) is 21.3 Å². The summed E-state index contributed by atoms with van der Waals surface area (Å²) in [6.07, 6.45) is 1.60. The van der Waals surface area contributed by atoms with Crippen LogP contribution in [-0.2, 0) is 0 Å². The van der Waals surface area contributed by atoms with Crippen LogP contribution < -0.4 is 14.2 Å². The fraction of sp³-hybridized carbons (Fsp3) is 0.273. The van der Waals surface area contributed by atoms with E-state index < -0.39 is 0 Å². The minimum Gasteiger partial charge on any atom is -0.496 e. The number of nitrogens with one attached hydrogen (secondary N) is 1. The van der Waals surface area contributed by atoms with Crippen molar-refractivity contribution in [3.8, 4) is 28.5 Å². The minimum absolute atomic E-state index is 0.620. The van der Waals surface area contributed by atoms with Gasteiger partial charge < -0.3 is 14.2 Å². The maximum absolute atomic E-state index is 5.31. The molecule has 0 fully saturated rings. The molecule has 0 radical (unpaired) electrons. The number of nitrogens with zero attached hydrogens (tertiary/aromatic N) is 2. The van der Waals surface area contributed by atoms with Crippen LogP contribution in [0.4, 0.5) is 0 Å². The first-order chi connectivity index (χ1) is 8.30. The van der Waals surface area contributed by atoms with Gasteiger partial charge in [0, 0.05) is 12.1 Å². The molecule has 0 unspecified atom stereocenters. The molecule has 0 bridgehead atoms. The maximum Gasteiger partial charge on any atom is 0.135 e. The number of aromatic amines is 1. The predicted molar refractivity (Wildman–Crippen MR) is 61.5 cm³/mol. The molecule has 17 heavy (non-hydrogen) atoms. The van der Waals surface area contributed by atoms with Gasteiger partial charge in [0.1, 0.15) is 22.9 Å². The number of ether oxygens (including phenoxy) is 3. The Hall–Kier alpha value is -2.24. The van der Waals surface area contributed by atoms with Gasteiger partial charge in [0.2, 0.25) is 0 Å². The molecule has 0 saturated heterocycles. The lowest BCUT2D eigenvalue weighted by Crippen LogP contribution is -1.95. The Bertz CT molecular complexity index is 472. The van der Waals surface area contributed by atoms with Gasteiger partial charge in [-0.2, -0.15) is 15.4 Å².